The monoisotopic (exact) mass is 319 g/mol. The highest BCUT2D eigenvalue weighted by molar-refractivity contribution is 5.22. The van der Waals surface area contributed by atoms with E-state index in [1.807, 2.05) is 6.92 Å². The van der Waals surface area contributed by atoms with Crippen LogP contribution in [0.1, 0.15) is 17.4 Å². The van der Waals surface area contributed by atoms with Gasteiger partial charge < -0.3 is 9.84 Å². The first kappa shape index (κ1) is 16.0. The predicted molar refractivity (Wildman–Crippen MR) is 85.1 cm³/mol. The predicted octanol–water partition coefficient (Wildman–Crippen LogP) is 1.94. The van der Waals surface area contributed by atoms with Gasteiger partial charge in [-0.05, 0) is 44.2 Å². The molecule has 6 heteroatoms. The first-order valence-corrected chi connectivity index (χ1v) is 7.83. The van der Waals surface area contributed by atoms with Crippen molar-refractivity contribution in [3.05, 3.63) is 47.5 Å². The molecule has 1 atom stereocenters. The molecule has 5 nitrogen and oxygen atoms in total. The molecule has 0 unspecified atom stereocenters. The van der Waals surface area contributed by atoms with Crippen molar-refractivity contribution in [3.8, 4) is 5.75 Å². The van der Waals surface area contributed by atoms with E-state index in [4.69, 9.17) is 4.74 Å². The first-order valence-electron chi connectivity index (χ1n) is 7.83. The van der Waals surface area contributed by atoms with Crippen LogP contribution >= 0.6 is 0 Å². The normalized spacial score (nSPS) is 17.0. The Kier molecular flexibility index (Phi) is 4.63. The number of rotatable bonds is 6. The number of nitrogens with zero attached hydrogens (tertiary/aromatic N) is 3. The number of likely N-dealkylation sites (tertiary alicyclic amines) is 1. The van der Waals surface area contributed by atoms with Crippen molar-refractivity contribution in [1.29, 1.82) is 0 Å². The van der Waals surface area contributed by atoms with Crippen LogP contribution < -0.4 is 4.74 Å². The molecule has 23 heavy (non-hydrogen) atoms. The van der Waals surface area contributed by atoms with E-state index < -0.39 is 6.10 Å². The fourth-order valence-electron chi connectivity index (χ4n) is 2.94. The zero-order valence-corrected chi connectivity index (χ0v) is 13.4. The lowest BCUT2D eigenvalue weighted by Gasteiger charge is -2.40. The minimum absolute atomic E-state index is 0.201. The molecule has 124 valence electrons. The molecule has 1 aliphatic rings. The molecule has 1 aromatic carbocycles. The van der Waals surface area contributed by atoms with E-state index in [2.05, 4.69) is 27.7 Å². The molecule has 1 N–H and O–H groups in total. The van der Waals surface area contributed by atoms with E-state index in [-0.39, 0.29) is 12.4 Å². The van der Waals surface area contributed by atoms with Crippen LogP contribution in [0.3, 0.4) is 0 Å². The summed E-state index contributed by atoms with van der Waals surface area (Å²) in [4.78, 5) is 2.18. The zero-order chi connectivity index (χ0) is 16.4. The largest absolute Gasteiger partial charge is 0.491 e. The molecule has 1 aliphatic heterocycles. The quantitative estimate of drug-likeness (QED) is 0.884. The number of hydrogen-bond donors (Lipinski definition) is 1. The second-order valence-electron chi connectivity index (χ2n) is 6.16. The molecule has 2 aromatic rings. The fraction of sp³-hybridized carbons (Fsp3) is 0.471. The lowest BCUT2D eigenvalue weighted by molar-refractivity contribution is 0.0199. The number of β-amino-alcohol motifs (C(OH)–C–C–N with tert-alkyl or cyclic N) is 1. The van der Waals surface area contributed by atoms with E-state index in [0.29, 0.717) is 18.3 Å². The molecule has 1 aromatic heterocycles. The maximum Gasteiger partial charge on any atom is 0.123 e. The Morgan fingerprint density at radius 3 is 2.61 bits per heavy atom. The number of aryl methyl sites for hydroxylation is 2. The number of aliphatic hydroxyl groups is 1. The van der Waals surface area contributed by atoms with Crippen molar-refractivity contribution >= 4 is 0 Å². The fourth-order valence-corrected chi connectivity index (χ4v) is 2.94. The Bertz CT molecular complexity index is 650. The first-order chi connectivity index (χ1) is 11.0. The van der Waals surface area contributed by atoms with Gasteiger partial charge in [0.05, 0.1) is 11.7 Å². The number of ether oxygens (including phenoxy) is 1. The summed E-state index contributed by atoms with van der Waals surface area (Å²) in [6.07, 6.45) is -0.568. The van der Waals surface area contributed by atoms with Gasteiger partial charge in [-0.1, -0.05) is 0 Å². The van der Waals surface area contributed by atoms with Gasteiger partial charge >= 0.3 is 0 Å². The summed E-state index contributed by atoms with van der Waals surface area (Å²) in [6, 6.07) is 8.27. The molecular weight excluding hydrogens is 297 g/mol. The molecule has 0 radical (unpaired) electrons. The average Bonchev–Trinajstić information content (AvgIpc) is 2.80. The molecule has 0 aliphatic carbocycles. The Labute approximate surface area is 135 Å². The maximum absolute atomic E-state index is 12.8. The molecule has 0 saturated carbocycles. The molecule has 0 spiro atoms. The van der Waals surface area contributed by atoms with Gasteiger partial charge in [0, 0.05) is 25.3 Å². The van der Waals surface area contributed by atoms with Crippen molar-refractivity contribution in [2.45, 2.75) is 26.0 Å². The van der Waals surface area contributed by atoms with Crippen LogP contribution in [0.4, 0.5) is 4.39 Å². The van der Waals surface area contributed by atoms with Crippen LogP contribution in [-0.2, 0) is 0 Å². The Balaban J connectivity index is 1.41. The van der Waals surface area contributed by atoms with Gasteiger partial charge in [0.15, 0.2) is 0 Å². The summed E-state index contributed by atoms with van der Waals surface area (Å²) in [5.74, 6) is 0.267. The van der Waals surface area contributed by atoms with Crippen molar-refractivity contribution in [2.75, 3.05) is 26.2 Å². The van der Waals surface area contributed by atoms with Gasteiger partial charge in [0.2, 0.25) is 0 Å². The number of halogens is 1. The number of aliphatic hydroxyl groups excluding tert-OH is 1. The summed E-state index contributed by atoms with van der Waals surface area (Å²) < 4.78 is 20.3. The summed E-state index contributed by atoms with van der Waals surface area (Å²) >= 11 is 0. The highest BCUT2D eigenvalue weighted by Crippen LogP contribution is 2.22. The number of aromatic nitrogens is 2. The van der Waals surface area contributed by atoms with Crippen molar-refractivity contribution in [1.82, 2.24) is 14.7 Å². The maximum atomic E-state index is 12.8. The molecule has 1 saturated heterocycles. The van der Waals surface area contributed by atoms with Gasteiger partial charge in [-0.2, -0.15) is 5.10 Å². The average molecular weight is 319 g/mol. The molecule has 0 bridgehead atoms. The SMILES string of the molecule is Cc1cc(C)n(C2CN(C[C@@H](O)COc3ccc(F)cc3)C2)n1. The zero-order valence-electron chi connectivity index (χ0n) is 13.4. The van der Waals surface area contributed by atoms with Crippen molar-refractivity contribution in [2.24, 2.45) is 0 Å². The van der Waals surface area contributed by atoms with Crippen molar-refractivity contribution in [3.63, 3.8) is 0 Å². The van der Waals surface area contributed by atoms with Gasteiger partial charge in [-0.15, -0.1) is 0 Å². The third kappa shape index (κ3) is 3.89. The van der Waals surface area contributed by atoms with Gasteiger partial charge in [-0.25, -0.2) is 4.39 Å². The summed E-state index contributed by atoms with van der Waals surface area (Å²) in [7, 11) is 0. The topological polar surface area (TPSA) is 50.5 Å². The molecular formula is C17H22FN3O2. The second kappa shape index (κ2) is 6.68. The highest BCUT2D eigenvalue weighted by Gasteiger charge is 2.30. The smallest absolute Gasteiger partial charge is 0.123 e. The Morgan fingerprint density at radius 1 is 1.30 bits per heavy atom. The molecule has 0 amide bonds. The second-order valence-corrected chi connectivity index (χ2v) is 6.16. The van der Waals surface area contributed by atoms with Crippen LogP contribution in [0.2, 0.25) is 0 Å². The van der Waals surface area contributed by atoms with Crippen molar-refractivity contribution < 1.29 is 14.2 Å². The van der Waals surface area contributed by atoms with E-state index in [9.17, 15) is 9.50 Å². The van der Waals surface area contributed by atoms with Gasteiger partial charge in [0.1, 0.15) is 24.3 Å². The van der Waals surface area contributed by atoms with E-state index in [1.165, 1.54) is 17.8 Å². The number of benzene rings is 1. The minimum Gasteiger partial charge on any atom is -0.491 e. The van der Waals surface area contributed by atoms with E-state index in [0.717, 1.165) is 18.8 Å². The molecule has 3 rings (SSSR count). The van der Waals surface area contributed by atoms with Crippen LogP contribution in [0.5, 0.6) is 5.75 Å². The molecule has 1 fully saturated rings. The van der Waals surface area contributed by atoms with Crippen LogP contribution in [0.25, 0.3) is 0 Å². The van der Waals surface area contributed by atoms with Gasteiger partial charge in [-0.3, -0.25) is 9.58 Å². The van der Waals surface area contributed by atoms with Gasteiger partial charge in [0.25, 0.3) is 0 Å². The summed E-state index contributed by atoms with van der Waals surface area (Å²) in [5, 5.41) is 14.6. The lowest BCUT2D eigenvalue weighted by atomic mass is 10.1. The van der Waals surface area contributed by atoms with E-state index in [1.54, 1.807) is 12.1 Å². The molecule has 2 heterocycles. The number of hydrogen-bond acceptors (Lipinski definition) is 4. The summed E-state index contributed by atoms with van der Waals surface area (Å²) in [5.41, 5.74) is 2.21. The standard InChI is InChI=1S/C17H22FN3O2/c1-12-7-13(2)21(19-12)15-8-20(9-15)10-16(22)11-23-17-5-3-14(18)4-6-17/h3-7,15-16,22H,8-11H2,1-2H3/t16-/m1/s1. The Morgan fingerprint density at radius 2 is 2.00 bits per heavy atom. The minimum atomic E-state index is -0.568. The third-order valence-electron chi connectivity index (χ3n) is 4.05. The van der Waals surface area contributed by atoms with Crippen LogP contribution in [0.15, 0.2) is 30.3 Å². The van der Waals surface area contributed by atoms with E-state index >= 15 is 0 Å². The van der Waals surface area contributed by atoms with Crippen LogP contribution in [0, 0.1) is 19.7 Å². The summed E-state index contributed by atoms with van der Waals surface area (Å²) in [6.45, 7) is 6.60. The lowest BCUT2D eigenvalue weighted by Crippen LogP contribution is -2.51. The van der Waals surface area contributed by atoms with Crippen LogP contribution in [-0.4, -0.2) is 52.1 Å². The highest BCUT2D eigenvalue weighted by atomic mass is 19.1. The third-order valence-corrected chi connectivity index (χ3v) is 4.05. The Hall–Kier alpha value is -1.92.